The average Bonchev–Trinajstić information content (AvgIpc) is 3.19. The molecule has 3 heterocycles. The molecule has 1 aromatic carbocycles. The van der Waals surface area contributed by atoms with E-state index in [1.165, 1.54) is 29.4 Å². The largest absolute Gasteiger partial charge is 0.423 e. The summed E-state index contributed by atoms with van der Waals surface area (Å²) in [4.78, 5) is 23.3. The molecule has 154 valence electrons. The number of amides is 1. The summed E-state index contributed by atoms with van der Waals surface area (Å²) in [5.74, 6) is 6.80. The van der Waals surface area contributed by atoms with E-state index in [2.05, 4.69) is 20.6 Å². The van der Waals surface area contributed by atoms with E-state index in [1.54, 1.807) is 22.9 Å². The highest BCUT2D eigenvalue weighted by Crippen LogP contribution is 2.27. The summed E-state index contributed by atoms with van der Waals surface area (Å²) in [6, 6.07) is 8.54. The number of nitrogen functional groups attached to an aromatic ring is 1. The number of anilines is 1. The maximum Gasteiger partial charge on any atom is 0.336 e. The molecule has 10 nitrogen and oxygen atoms in total. The molecule has 4 aromatic rings. The average molecular weight is 425 g/mol. The number of nitrogens with two attached hydrogens (primary N) is 1. The molecular weight excluding hydrogens is 406 g/mol. The molecule has 30 heavy (non-hydrogen) atoms. The zero-order valence-electron chi connectivity index (χ0n) is 16.5. The Labute approximate surface area is 175 Å². The highest BCUT2D eigenvalue weighted by atomic mass is 32.2. The summed E-state index contributed by atoms with van der Waals surface area (Å²) in [7, 11) is 0. The fourth-order valence-corrected chi connectivity index (χ4v) is 3.96. The van der Waals surface area contributed by atoms with E-state index in [0.717, 1.165) is 22.3 Å². The zero-order valence-corrected chi connectivity index (χ0v) is 17.4. The van der Waals surface area contributed by atoms with Gasteiger partial charge in [0.05, 0.1) is 5.69 Å². The third-order valence-corrected chi connectivity index (χ3v) is 5.34. The van der Waals surface area contributed by atoms with Crippen LogP contribution in [0, 0.1) is 13.8 Å². The molecule has 0 radical (unpaired) electrons. The lowest BCUT2D eigenvalue weighted by Gasteiger charge is -2.08. The zero-order chi connectivity index (χ0) is 21.4. The van der Waals surface area contributed by atoms with E-state index in [9.17, 15) is 9.59 Å². The number of carbonyl (C=O) groups is 1. The lowest BCUT2D eigenvalue weighted by Crippen LogP contribution is -2.17. The lowest BCUT2D eigenvalue weighted by atomic mass is 10.1. The minimum absolute atomic E-state index is 0.205. The first kappa shape index (κ1) is 19.7. The highest BCUT2D eigenvalue weighted by molar-refractivity contribution is 7.98. The van der Waals surface area contributed by atoms with E-state index < -0.39 is 5.63 Å². The summed E-state index contributed by atoms with van der Waals surface area (Å²) in [6.45, 7) is 5.21. The maximum atomic E-state index is 12.0. The van der Waals surface area contributed by atoms with Crippen molar-refractivity contribution in [2.45, 2.75) is 31.7 Å². The second-order valence-corrected chi connectivity index (χ2v) is 7.71. The summed E-state index contributed by atoms with van der Waals surface area (Å²) >= 11 is 1.34. The Balaban J connectivity index is 1.62. The molecule has 1 amide bonds. The predicted octanol–water partition coefficient (Wildman–Crippen LogP) is 2.15. The van der Waals surface area contributed by atoms with Crippen LogP contribution in [0.25, 0.3) is 16.9 Å². The molecular formula is C19H19N7O3S. The summed E-state index contributed by atoms with van der Waals surface area (Å²) < 4.78 is 8.29. The Kier molecular flexibility index (Phi) is 5.04. The van der Waals surface area contributed by atoms with E-state index >= 15 is 0 Å². The van der Waals surface area contributed by atoms with Crippen molar-refractivity contribution in [3.8, 4) is 5.95 Å². The molecule has 3 N–H and O–H groups in total. The molecule has 0 spiro atoms. The van der Waals surface area contributed by atoms with Gasteiger partial charge in [-0.25, -0.2) is 14.2 Å². The van der Waals surface area contributed by atoms with Crippen LogP contribution in [-0.2, 0) is 10.5 Å². The SMILES string of the molecule is CC(=O)Nc1ccc2c(CSc3nnc(-n4nc(C)cc4C)n3N)cc(=O)oc2c1. The van der Waals surface area contributed by atoms with Crippen LogP contribution < -0.4 is 16.8 Å². The van der Waals surface area contributed by atoms with Gasteiger partial charge in [-0.2, -0.15) is 5.10 Å². The van der Waals surface area contributed by atoms with E-state index in [4.69, 9.17) is 10.3 Å². The van der Waals surface area contributed by atoms with Crippen molar-refractivity contribution in [3.63, 3.8) is 0 Å². The van der Waals surface area contributed by atoms with Gasteiger partial charge in [0.15, 0.2) is 0 Å². The Bertz CT molecular complexity index is 1320. The smallest absolute Gasteiger partial charge is 0.336 e. The molecule has 0 saturated heterocycles. The van der Waals surface area contributed by atoms with Gasteiger partial charge in [-0.15, -0.1) is 10.2 Å². The second-order valence-electron chi connectivity index (χ2n) is 6.76. The fourth-order valence-electron chi connectivity index (χ4n) is 3.12. The van der Waals surface area contributed by atoms with Gasteiger partial charge in [-0.3, -0.25) is 4.79 Å². The van der Waals surface area contributed by atoms with Crippen LogP contribution in [0.1, 0.15) is 23.9 Å². The quantitative estimate of drug-likeness (QED) is 0.282. The number of aromatic nitrogens is 5. The van der Waals surface area contributed by atoms with E-state index in [1.807, 2.05) is 19.9 Å². The minimum Gasteiger partial charge on any atom is -0.423 e. The van der Waals surface area contributed by atoms with Gasteiger partial charge in [-0.05, 0) is 37.6 Å². The van der Waals surface area contributed by atoms with E-state index in [0.29, 0.717) is 28.1 Å². The van der Waals surface area contributed by atoms with Gasteiger partial charge in [0.25, 0.3) is 5.95 Å². The number of benzene rings is 1. The number of thioether (sulfide) groups is 1. The summed E-state index contributed by atoms with van der Waals surface area (Å²) in [5, 5.41) is 16.6. The van der Waals surface area contributed by atoms with Crippen molar-refractivity contribution in [2.75, 3.05) is 11.2 Å². The van der Waals surface area contributed by atoms with Crippen LogP contribution in [0.2, 0.25) is 0 Å². The molecule has 0 saturated carbocycles. The van der Waals surface area contributed by atoms with Crippen molar-refractivity contribution < 1.29 is 9.21 Å². The number of carbonyl (C=O) groups excluding carboxylic acids is 1. The summed E-state index contributed by atoms with van der Waals surface area (Å²) in [5.41, 5.74) is 2.98. The number of nitrogens with one attached hydrogen (secondary N) is 1. The third kappa shape index (κ3) is 3.79. The number of rotatable bonds is 5. The van der Waals surface area contributed by atoms with Gasteiger partial charge in [0, 0.05) is 41.6 Å². The molecule has 0 fully saturated rings. The van der Waals surface area contributed by atoms with Crippen molar-refractivity contribution in [1.82, 2.24) is 24.7 Å². The molecule has 4 rings (SSSR count). The van der Waals surface area contributed by atoms with E-state index in [-0.39, 0.29) is 5.91 Å². The topological polar surface area (TPSA) is 134 Å². The molecule has 0 aliphatic rings. The molecule has 0 unspecified atom stereocenters. The van der Waals surface area contributed by atoms with Crippen molar-refractivity contribution >= 4 is 34.3 Å². The molecule has 11 heteroatoms. The normalized spacial score (nSPS) is 11.2. The van der Waals surface area contributed by atoms with Crippen LogP contribution in [0.3, 0.4) is 0 Å². The number of fused-ring (bicyclic) bond motifs is 1. The Hall–Kier alpha value is -3.60. The second kappa shape index (κ2) is 7.67. The molecule has 0 bridgehead atoms. The predicted molar refractivity (Wildman–Crippen MR) is 113 cm³/mol. The van der Waals surface area contributed by atoms with Crippen molar-refractivity contribution in [2.24, 2.45) is 0 Å². The van der Waals surface area contributed by atoms with Crippen LogP contribution >= 0.6 is 11.8 Å². The van der Waals surface area contributed by atoms with Crippen LogP contribution in [0.4, 0.5) is 5.69 Å². The van der Waals surface area contributed by atoms with Gasteiger partial charge in [0.1, 0.15) is 5.58 Å². The van der Waals surface area contributed by atoms with Gasteiger partial charge < -0.3 is 15.6 Å². The van der Waals surface area contributed by atoms with Gasteiger partial charge in [-0.1, -0.05) is 11.8 Å². The summed E-state index contributed by atoms with van der Waals surface area (Å²) in [6.07, 6.45) is 0. The standard InChI is InChI=1S/C19H19N7O3S/c1-10-6-11(2)26(24-10)18-22-23-19(25(18)20)30-9-13-7-17(28)29-16-8-14(21-12(3)27)4-5-15(13)16/h4-8H,9,20H2,1-3H3,(H,21,27). The number of nitrogens with zero attached hydrogens (tertiary/aromatic N) is 5. The highest BCUT2D eigenvalue weighted by Gasteiger charge is 2.16. The Morgan fingerprint density at radius 1 is 1.23 bits per heavy atom. The first-order valence-electron chi connectivity index (χ1n) is 9.03. The third-order valence-electron chi connectivity index (χ3n) is 4.35. The fraction of sp³-hybridized carbons (Fsp3) is 0.211. The Morgan fingerprint density at radius 3 is 2.73 bits per heavy atom. The van der Waals surface area contributed by atoms with Gasteiger partial charge in [0.2, 0.25) is 11.1 Å². The number of aryl methyl sites for hydroxylation is 2. The number of hydrogen-bond acceptors (Lipinski definition) is 8. The number of hydrogen-bond donors (Lipinski definition) is 2. The first-order valence-corrected chi connectivity index (χ1v) is 10.0. The molecule has 0 atom stereocenters. The monoisotopic (exact) mass is 425 g/mol. The van der Waals surface area contributed by atoms with Crippen LogP contribution in [-0.4, -0.2) is 30.6 Å². The molecule has 0 aliphatic heterocycles. The van der Waals surface area contributed by atoms with Crippen molar-refractivity contribution in [1.29, 1.82) is 0 Å². The van der Waals surface area contributed by atoms with Crippen LogP contribution in [0.15, 0.2) is 44.7 Å². The van der Waals surface area contributed by atoms with Crippen molar-refractivity contribution in [3.05, 3.63) is 57.7 Å². The maximum absolute atomic E-state index is 12.0. The van der Waals surface area contributed by atoms with Gasteiger partial charge >= 0.3 is 5.63 Å². The molecule has 0 aliphatic carbocycles. The van der Waals surface area contributed by atoms with Crippen LogP contribution in [0.5, 0.6) is 0 Å². The Morgan fingerprint density at radius 2 is 2.03 bits per heavy atom. The molecule has 3 aromatic heterocycles. The first-order chi connectivity index (χ1) is 14.3. The lowest BCUT2D eigenvalue weighted by molar-refractivity contribution is -0.114. The minimum atomic E-state index is -0.476.